The highest BCUT2D eigenvalue weighted by molar-refractivity contribution is 7.89. The van der Waals surface area contributed by atoms with Gasteiger partial charge in [0.15, 0.2) is 0 Å². The van der Waals surface area contributed by atoms with Crippen LogP contribution in [0.15, 0.2) is 76.4 Å². The summed E-state index contributed by atoms with van der Waals surface area (Å²) in [7, 11) is -0.238. The van der Waals surface area contributed by atoms with E-state index < -0.39 is 27.8 Å². The molecule has 1 N–H and O–H groups in total. The fourth-order valence-corrected chi connectivity index (χ4v) is 6.14. The molecule has 1 aliphatic heterocycles. The third-order valence-corrected chi connectivity index (χ3v) is 8.33. The number of furan rings is 1. The van der Waals surface area contributed by atoms with Gasteiger partial charge in [0, 0.05) is 44.8 Å². The lowest BCUT2D eigenvalue weighted by molar-refractivity contribution is -0.124. The first-order chi connectivity index (χ1) is 18.7. The molecule has 1 aliphatic rings. The number of fused-ring (bicyclic) bond motifs is 1. The van der Waals surface area contributed by atoms with Crippen LogP contribution in [-0.2, 0) is 28.0 Å². The minimum atomic E-state index is -4.08. The van der Waals surface area contributed by atoms with Gasteiger partial charge in [0.1, 0.15) is 35.6 Å². The number of amides is 1. The maximum absolute atomic E-state index is 13.6. The lowest BCUT2D eigenvalue weighted by atomic mass is 10.2. The third kappa shape index (κ3) is 5.89. The maximum Gasteiger partial charge on any atom is 0.277 e. The number of carbonyl (C=O) groups is 1. The van der Waals surface area contributed by atoms with Crippen LogP contribution in [-0.4, -0.2) is 50.3 Å². The molecule has 5 rings (SSSR count). The number of nitrogens with zero attached hydrogens (tertiary/aromatic N) is 3. The molecule has 2 aromatic carbocycles. The summed E-state index contributed by atoms with van der Waals surface area (Å²) < 4.78 is 52.8. The van der Waals surface area contributed by atoms with Crippen LogP contribution in [0.5, 0.6) is 5.75 Å². The van der Waals surface area contributed by atoms with Crippen LogP contribution in [0.3, 0.4) is 0 Å². The van der Waals surface area contributed by atoms with E-state index in [0.717, 1.165) is 21.2 Å². The Labute approximate surface area is 226 Å². The maximum atomic E-state index is 13.6. The summed E-state index contributed by atoms with van der Waals surface area (Å²) >= 11 is 0. The van der Waals surface area contributed by atoms with Crippen LogP contribution in [0.2, 0.25) is 0 Å². The number of sulfonamides is 1. The number of pyridine rings is 1. The second-order valence-electron chi connectivity index (χ2n) is 9.59. The van der Waals surface area contributed by atoms with E-state index in [0.29, 0.717) is 30.6 Å². The van der Waals surface area contributed by atoms with Crippen LogP contribution < -0.4 is 15.0 Å². The highest BCUT2D eigenvalue weighted by atomic mass is 32.2. The number of anilines is 1. The number of rotatable bonds is 9. The standard InChI is InChI=1S/C28H29FN4O5S/c1-32(2)26-14-20(10-11-30-26)18-37-23-6-3-5-19(13-23)17-31-28(34)24-7-4-12-33(24)39(35,36)27-16-21-15-22(29)8-9-25(21)38-27/h3,5-6,8-11,13-16,24H,4,7,12,17-18H2,1-2H3,(H,31,34)/t24-/m0/s1. The summed E-state index contributed by atoms with van der Waals surface area (Å²) in [4.78, 5) is 19.3. The Morgan fingerprint density at radius 3 is 2.82 bits per heavy atom. The van der Waals surface area contributed by atoms with Crippen molar-refractivity contribution in [2.24, 2.45) is 0 Å². The Kier molecular flexibility index (Phi) is 7.53. The van der Waals surface area contributed by atoms with Crippen molar-refractivity contribution in [3.8, 4) is 5.75 Å². The zero-order chi connectivity index (χ0) is 27.6. The monoisotopic (exact) mass is 552 g/mol. The molecule has 9 nitrogen and oxygen atoms in total. The van der Waals surface area contributed by atoms with Gasteiger partial charge in [0.05, 0.1) is 0 Å². The zero-order valence-electron chi connectivity index (χ0n) is 21.6. The molecule has 11 heteroatoms. The summed E-state index contributed by atoms with van der Waals surface area (Å²) in [5.74, 6) is 0.606. The summed E-state index contributed by atoms with van der Waals surface area (Å²) in [5, 5.41) is 2.89. The van der Waals surface area contributed by atoms with Gasteiger partial charge in [-0.15, -0.1) is 0 Å². The van der Waals surface area contributed by atoms with Crippen molar-refractivity contribution in [3.05, 3.63) is 83.8 Å². The van der Waals surface area contributed by atoms with E-state index in [2.05, 4.69) is 10.3 Å². The fraction of sp³-hybridized carbons (Fsp3) is 0.286. The van der Waals surface area contributed by atoms with Gasteiger partial charge in [-0.25, -0.2) is 17.8 Å². The van der Waals surface area contributed by atoms with Gasteiger partial charge in [-0.1, -0.05) is 12.1 Å². The van der Waals surface area contributed by atoms with Crippen molar-refractivity contribution >= 4 is 32.7 Å². The Bertz CT molecular complexity index is 1600. The van der Waals surface area contributed by atoms with Crippen molar-refractivity contribution in [3.63, 3.8) is 0 Å². The lowest BCUT2D eigenvalue weighted by Crippen LogP contribution is -2.45. The highest BCUT2D eigenvalue weighted by Crippen LogP contribution is 2.30. The number of ether oxygens (including phenoxy) is 1. The minimum Gasteiger partial charge on any atom is -0.489 e. The van der Waals surface area contributed by atoms with Crippen LogP contribution in [0.25, 0.3) is 11.0 Å². The Morgan fingerprint density at radius 1 is 1.15 bits per heavy atom. The number of benzene rings is 2. The molecule has 39 heavy (non-hydrogen) atoms. The van der Waals surface area contributed by atoms with E-state index in [1.165, 1.54) is 24.3 Å². The Hall–Kier alpha value is -3.96. The average molecular weight is 553 g/mol. The molecule has 0 aliphatic carbocycles. The van der Waals surface area contributed by atoms with Crippen molar-refractivity contribution in [1.82, 2.24) is 14.6 Å². The van der Waals surface area contributed by atoms with E-state index in [1.54, 1.807) is 6.20 Å². The number of aromatic nitrogens is 1. The van der Waals surface area contributed by atoms with Crippen molar-refractivity contribution in [1.29, 1.82) is 0 Å². The molecule has 0 radical (unpaired) electrons. The van der Waals surface area contributed by atoms with Gasteiger partial charge >= 0.3 is 0 Å². The molecule has 4 aromatic rings. The predicted octanol–water partition coefficient (Wildman–Crippen LogP) is 4.08. The zero-order valence-corrected chi connectivity index (χ0v) is 22.4. The fourth-order valence-electron chi connectivity index (χ4n) is 4.54. The molecule has 0 bridgehead atoms. The quantitative estimate of drug-likeness (QED) is 0.334. The molecule has 3 heterocycles. The normalized spacial score (nSPS) is 15.9. The predicted molar refractivity (Wildman–Crippen MR) is 144 cm³/mol. The number of hydrogen-bond donors (Lipinski definition) is 1. The van der Waals surface area contributed by atoms with E-state index in [-0.39, 0.29) is 23.8 Å². The van der Waals surface area contributed by atoms with Crippen LogP contribution >= 0.6 is 0 Å². The van der Waals surface area contributed by atoms with Gasteiger partial charge in [0.2, 0.25) is 11.0 Å². The van der Waals surface area contributed by atoms with E-state index in [9.17, 15) is 17.6 Å². The van der Waals surface area contributed by atoms with Crippen molar-refractivity contribution < 1.29 is 26.8 Å². The second kappa shape index (κ2) is 11.0. The van der Waals surface area contributed by atoms with E-state index in [4.69, 9.17) is 9.15 Å². The first kappa shape index (κ1) is 26.6. The molecule has 0 unspecified atom stereocenters. The molecule has 2 aromatic heterocycles. The smallest absolute Gasteiger partial charge is 0.277 e. The topological polar surface area (TPSA) is 105 Å². The van der Waals surface area contributed by atoms with Gasteiger partial charge in [0.25, 0.3) is 10.0 Å². The average Bonchev–Trinajstić information content (AvgIpc) is 3.59. The van der Waals surface area contributed by atoms with Crippen LogP contribution in [0.1, 0.15) is 24.0 Å². The van der Waals surface area contributed by atoms with E-state index in [1.807, 2.05) is 55.4 Å². The first-order valence-electron chi connectivity index (χ1n) is 12.5. The molecule has 0 spiro atoms. The molecule has 0 saturated carbocycles. The largest absolute Gasteiger partial charge is 0.489 e. The Balaban J connectivity index is 1.22. The van der Waals surface area contributed by atoms with Gasteiger partial charge < -0.3 is 19.4 Å². The Morgan fingerprint density at radius 2 is 2.00 bits per heavy atom. The molecule has 1 fully saturated rings. The summed E-state index contributed by atoms with van der Waals surface area (Å²) in [6.45, 7) is 0.770. The molecule has 1 saturated heterocycles. The molecular weight excluding hydrogens is 523 g/mol. The molecule has 204 valence electrons. The minimum absolute atomic E-state index is 0.194. The molecule has 1 atom stereocenters. The molecule has 1 amide bonds. The summed E-state index contributed by atoms with van der Waals surface area (Å²) in [5.41, 5.74) is 2.06. The highest BCUT2D eigenvalue weighted by Gasteiger charge is 2.41. The summed E-state index contributed by atoms with van der Waals surface area (Å²) in [6.07, 6.45) is 2.67. The van der Waals surface area contributed by atoms with Crippen molar-refractivity contribution in [2.75, 3.05) is 25.5 Å². The first-order valence-corrected chi connectivity index (χ1v) is 14.0. The number of halogens is 1. The summed E-state index contributed by atoms with van der Waals surface area (Å²) in [6, 6.07) is 15.4. The lowest BCUT2D eigenvalue weighted by Gasteiger charge is -2.22. The third-order valence-electron chi connectivity index (χ3n) is 6.56. The van der Waals surface area contributed by atoms with Crippen LogP contribution in [0, 0.1) is 5.82 Å². The van der Waals surface area contributed by atoms with Gasteiger partial charge in [-0.3, -0.25) is 4.79 Å². The molecular formula is C28H29FN4O5S. The van der Waals surface area contributed by atoms with Crippen molar-refractivity contribution in [2.45, 2.75) is 37.1 Å². The van der Waals surface area contributed by atoms with Gasteiger partial charge in [-0.05, 0) is 66.4 Å². The van der Waals surface area contributed by atoms with Crippen LogP contribution in [0.4, 0.5) is 10.2 Å². The van der Waals surface area contributed by atoms with Gasteiger partial charge in [-0.2, -0.15) is 4.31 Å². The number of nitrogens with one attached hydrogen (secondary N) is 1. The number of hydrogen-bond acceptors (Lipinski definition) is 7. The second-order valence-corrected chi connectivity index (χ2v) is 11.4. The van der Waals surface area contributed by atoms with E-state index >= 15 is 0 Å². The SMILES string of the molecule is CN(C)c1cc(COc2cccc(CNC(=O)[C@@H]3CCCN3S(=O)(=O)c3cc4cc(F)ccc4o3)c2)ccn1. The number of carbonyl (C=O) groups excluding carboxylic acids is 1.